The standard InChI is InChI=1S/C14H23N7/c15-13(16-5-8-19-6-2-7-19)20-9-11-21(12-10-20)14-17-3-1-4-18-14/h1,3-4H,2,5-12H2,(H2,15,16). The van der Waals surface area contributed by atoms with Gasteiger partial charge in [0.15, 0.2) is 5.96 Å². The number of likely N-dealkylation sites (tertiary alicyclic amines) is 1. The average Bonchev–Trinajstić information content (AvgIpc) is 2.50. The lowest BCUT2D eigenvalue weighted by molar-refractivity contribution is 0.187. The van der Waals surface area contributed by atoms with Crippen LogP contribution in [-0.4, -0.2) is 78.1 Å². The Hall–Kier alpha value is -1.89. The summed E-state index contributed by atoms with van der Waals surface area (Å²) >= 11 is 0. The van der Waals surface area contributed by atoms with Gasteiger partial charge in [0.1, 0.15) is 0 Å². The molecule has 7 nitrogen and oxygen atoms in total. The van der Waals surface area contributed by atoms with Crippen molar-refractivity contribution >= 4 is 11.9 Å². The van der Waals surface area contributed by atoms with E-state index < -0.39 is 0 Å². The van der Waals surface area contributed by atoms with Crippen molar-refractivity contribution in [3.05, 3.63) is 18.5 Å². The highest BCUT2D eigenvalue weighted by Crippen LogP contribution is 2.09. The number of rotatable bonds is 4. The van der Waals surface area contributed by atoms with Crippen LogP contribution in [0.25, 0.3) is 0 Å². The molecule has 0 aromatic carbocycles. The molecule has 1 aromatic rings. The monoisotopic (exact) mass is 289 g/mol. The lowest BCUT2D eigenvalue weighted by atomic mass is 10.2. The molecule has 114 valence electrons. The molecular weight excluding hydrogens is 266 g/mol. The number of aliphatic imine (C=N–C) groups is 1. The highest BCUT2D eigenvalue weighted by atomic mass is 15.4. The molecular formula is C14H23N7. The van der Waals surface area contributed by atoms with Crippen LogP contribution < -0.4 is 10.6 Å². The largest absolute Gasteiger partial charge is 0.370 e. The first-order valence-electron chi connectivity index (χ1n) is 7.62. The molecule has 2 N–H and O–H groups in total. The highest BCUT2D eigenvalue weighted by Gasteiger charge is 2.20. The van der Waals surface area contributed by atoms with Crippen LogP contribution in [0.15, 0.2) is 23.5 Å². The third-order valence-corrected chi connectivity index (χ3v) is 4.08. The lowest BCUT2D eigenvalue weighted by Gasteiger charge is -2.35. The number of piperazine rings is 1. The number of aromatic nitrogens is 2. The summed E-state index contributed by atoms with van der Waals surface area (Å²) in [5.41, 5.74) is 6.09. The fraction of sp³-hybridized carbons (Fsp3) is 0.643. The van der Waals surface area contributed by atoms with E-state index in [2.05, 4.69) is 29.7 Å². The molecule has 2 saturated heterocycles. The molecule has 0 unspecified atom stereocenters. The van der Waals surface area contributed by atoms with E-state index in [0.717, 1.165) is 45.2 Å². The van der Waals surface area contributed by atoms with Crippen molar-refractivity contribution in [3.63, 3.8) is 0 Å². The third kappa shape index (κ3) is 3.60. The fourth-order valence-electron chi connectivity index (χ4n) is 2.60. The first-order valence-corrected chi connectivity index (χ1v) is 7.62. The number of nitrogens with zero attached hydrogens (tertiary/aromatic N) is 6. The Morgan fingerprint density at radius 2 is 1.81 bits per heavy atom. The zero-order valence-electron chi connectivity index (χ0n) is 12.4. The molecule has 3 heterocycles. The minimum atomic E-state index is 0.671. The molecule has 0 radical (unpaired) electrons. The second kappa shape index (κ2) is 6.71. The summed E-state index contributed by atoms with van der Waals surface area (Å²) in [6.07, 6.45) is 4.88. The average molecular weight is 289 g/mol. The number of nitrogens with two attached hydrogens (primary N) is 1. The van der Waals surface area contributed by atoms with Crippen LogP contribution in [0.2, 0.25) is 0 Å². The van der Waals surface area contributed by atoms with Crippen LogP contribution in [0, 0.1) is 0 Å². The molecule has 2 fully saturated rings. The number of anilines is 1. The van der Waals surface area contributed by atoms with E-state index in [1.165, 1.54) is 19.5 Å². The zero-order valence-corrected chi connectivity index (χ0v) is 12.4. The summed E-state index contributed by atoms with van der Waals surface area (Å²) in [6.45, 7) is 7.76. The summed E-state index contributed by atoms with van der Waals surface area (Å²) in [5, 5.41) is 0. The van der Waals surface area contributed by atoms with E-state index in [1.807, 2.05) is 6.07 Å². The van der Waals surface area contributed by atoms with Crippen LogP contribution in [0.5, 0.6) is 0 Å². The fourth-order valence-corrected chi connectivity index (χ4v) is 2.60. The van der Waals surface area contributed by atoms with Crippen molar-refractivity contribution in [2.24, 2.45) is 10.7 Å². The van der Waals surface area contributed by atoms with Crippen molar-refractivity contribution in [2.45, 2.75) is 6.42 Å². The van der Waals surface area contributed by atoms with Gasteiger partial charge in [-0.3, -0.25) is 4.99 Å². The van der Waals surface area contributed by atoms with Gasteiger partial charge in [-0.05, 0) is 25.6 Å². The topological polar surface area (TPSA) is 73.9 Å². The number of hydrogen-bond donors (Lipinski definition) is 1. The maximum Gasteiger partial charge on any atom is 0.225 e. The van der Waals surface area contributed by atoms with E-state index in [9.17, 15) is 0 Å². The first-order chi connectivity index (χ1) is 10.3. The minimum absolute atomic E-state index is 0.671. The molecule has 0 amide bonds. The predicted octanol–water partition coefficient (Wildman–Crippen LogP) is -0.381. The van der Waals surface area contributed by atoms with Crippen LogP contribution in [0.1, 0.15) is 6.42 Å². The van der Waals surface area contributed by atoms with Crippen LogP contribution in [-0.2, 0) is 0 Å². The molecule has 2 aliphatic heterocycles. The Labute approximate surface area is 125 Å². The lowest BCUT2D eigenvalue weighted by Crippen LogP contribution is -2.51. The molecule has 7 heteroatoms. The molecule has 0 saturated carbocycles. The van der Waals surface area contributed by atoms with E-state index in [4.69, 9.17) is 5.73 Å². The van der Waals surface area contributed by atoms with Gasteiger partial charge in [0.05, 0.1) is 6.54 Å². The molecule has 0 spiro atoms. The van der Waals surface area contributed by atoms with Crippen molar-refractivity contribution < 1.29 is 0 Å². The van der Waals surface area contributed by atoms with E-state index in [0.29, 0.717) is 5.96 Å². The second-order valence-corrected chi connectivity index (χ2v) is 5.46. The normalized spacial score (nSPS) is 20.5. The Balaban J connectivity index is 1.45. The van der Waals surface area contributed by atoms with Gasteiger partial charge in [0.2, 0.25) is 5.95 Å². The summed E-state index contributed by atoms with van der Waals surface area (Å²) in [7, 11) is 0. The van der Waals surface area contributed by atoms with Crippen LogP contribution in [0.3, 0.4) is 0 Å². The van der Waals surface area contributed by atoms with E-state index in [1.54, 1.807) is 12.4 Å². The third-order valence-electron chi connectivity index (χ3n) is 4.08. The first kappa shape index (κ1) is 14.1. The zero-order chi connectivity index (χ0) is 14.5. The Morgan fingerprint density at radius 1 is 1.10 bits per heavy atom. The van der Waals surface area contributed by atoms with Gasteiger partial charge in [0.25, 0.3) is 0 Å². The van der Waals surface area contributed by atoms with Crippen LogP contribution >= 0.6 is 0 Å². The van der Waals surface area contributed by atoms with Gasteiger partial charge in [-0.2, -0.15) is 0 Å². The number of guanidine groups is 1. The molecule has 0 aliphatic carbocycles. The van der Waals surface area contributed by atoms with Crippen molar-refractivity contribution in [3.8, 4) is 0 Å². The van der Waals surface area contributed by atoms with Gasteiger partial charge < -0.3 is 20.4 Å². The smallest absolute Gasteiger partial charge is 0.225 e. The maximum absolute atomic E-state index is 6.09. The predicted molar refractivity (Wildman–Crippen MR) is 83.4 cm³/mol. The van der Waals surface area contributed by atoms with Gasteiger partial charge in [-0.25, -0.2) is 9.97 Å². The Bertz CT molecular complexity index is 463. The van der Waals surface area contributed by atoms with E-state index in [-0.39, 0.29) is 0 Å². The summed E-state index contributed by atoms with van der Waals surface area (Å²) in [5.74, 6) is 1.47. The van der Waals surface area contributed by atoms with Gasteiger partial charge in [0, 0.05) is 45.1 Å². The highest BCUT2D eigenvalue weighted by molar-refractivity contribution is 5.78. The molecule has 1 aromatic heterocycles. The van der Waals surface area contributed by atoms with Crippen LogP contribution in [0.4, 0.5) is 5.95 Å². The molecule has 0 bridgehead atoms. The quantitative estimate of drug-likeness (QED) is 0.601. The summed E-state index contributed by atoms with van der Waals surface area (Å²) < 4.78 is 0. The Kier molecular flexibility index (Phi) is 4.49. The Morgan fingerprint density at radius 3 is 2.43 bits per heavy atom. The summed E-state index contributed by atoms with van der Waals surface area (Å²) in [4.78, 5) is 19.8. The molecule has 2 aliphatic rings. The molecule has 21 heavy (non-hydrogen) atoms. The van der Waals surface area contributed by atoms with Gasteiger partial charge in [-0.1, -0.05) is 0 Å². The van der Waals surface area contributed by atoms with Crippen molar-refractivity contribution in [1.29, 1.82) is 0 Å². The summed E-state index contributed by atoms with van der Waals surface area (Å²) in [6, 6.07) is 1.84. The molecule has 3 rings (SSSR count). The molecule has 0 atom stereocenters. The van der Waals surface area contributed by atoms with Gasteiger partial charge in [-0.15, -0.1) is 0 Å². The van der Waals surface area contributed by atoms with E-state index >= 15 is 0 Å². The van der Waals surface area contributed by atoms with Crippen molar-refractivity contribution in [2.75, 3.05) is 57.3 Å². The second-order valence-electron chi connectivity index (χ2n) is 5.46. The van der Waals surface area contributed by atoms with Crippen molar-refractivity contribution in [1.82, 2.24) is 19.8 Å². The maximum atomic E-state index is 6.09. The minimum Gasteiger partial charge on any atom is -0.370 e. The SMILES string of the molecule is NC(=NCCN1CCC1)N1CCN(c2ncccn2)CC1. The van der Waals surface area contributed by atoms with Gasteiger partial charge >= 0.3 is 0 Å². The number of hydrogen-bond acceptors (Lipinski definition) is 5.